The minimum absolute atomic E-state index is 0.159. The molecule has 0 saturated carbocycles. The Morgan fingerprint density at radius 1 is 1.19 bits per heavy atom. The highest BCUT2D eigenvalue weighted by Crippen LogP contribution is 2.23. The third-order valence-corrected chi connectivity index (χ3v) is 2.53. The molecule has 0 aliphatic heterocycles. The van der Waals surface area contributed by atoms with E-state index in [2.05, 4.69) is 17.1 Å². The molecule has 2 N–H and O–H groups in total. The lowest BCUT2D eigenvalue weighted by Gasteiger charge is -2.10. The van der Waals surface area contributed by atoms with E-state index in [-0.39, 0.29) is 6.04 Å². The molecule has 1 aromatic carbocycles. The summed E-state index contributed by atoms with van der Waals surface area (Å²) in [6, 6.07) is 12.5. The molecule has 2 aromatic rings. The van der Waals surface area contributed by atoms with Crippen LogP contribution >= 0.6 is 0 Å². The Bertz CT molecular complexity index is 449. The molecule has 0 spiro atoms. The van der Waals surface area contributed by atoms with Gasteiger partial charge in [0.1, 0.15) is 0 Å². The molecule has 0 amide bonds. The number of pyridine rings is 1. The van der Waals surface area contributed by atoms with E-state index in [1.807, 2.05) is 43.6 Å². The van der Waals surface area contributed by atoms with Gasteiger partial charge in [-0.05, 0) is 36.1 Å². The van der Waals surface area contributed by atoms with Gasteiger partial charge < -0.3 is 5.73 Å². The van der Waals surface area contributed by atoms with Gasteiger partial charge in [0.2, 0.25) is 0 Å². The summed E-state index contributed by atoms with van der Waals surface area (Å²) < 4.78 is 0. The highest BCUT2D eigenvalue weighted by atomic mass is 14.6. The second-order valence-corrected chi connectivity index (χ2v) is 4.08. The lowest BCUT2D eigenvalue weighted by Crippen LogP contribution is -2.18. The van der Waals surface area contributed by atoms with Crippen molar-refractivity contribution in [3.05, 3.63) is 54.4 Å². The zero-order chi connectivity index (χ0) is 11.4. The average Bonchev–Trinajstić information content (AvgIpc) is 2.30. The number of nitrogens with two attached hydrogens (primary N) is 1. The van der Waals surface area contributed by atoms with E-state index < -0.39 is 0 Å². The molecular weight excluding hydrogens is 196 g/mol. The van der Waals surface area contributed by atoms with Crippen LogP contribution in [0.4, 0.5) is 0 Å². The molecule has 1 unspecified atom stereocenters. The largest absolute Gasteiger partial charge is 0.328 e. The van der Waals surface area contributed by atoms with Gasteiger partial charge >= 0.3 is 0 Å². The molecule has 0 aliphatic rings. The van der Waals surface area contributed by atoms with Crippen LogP contribution in [-0.2, 0) is 6.42 Å². The van der Waals surface area contributed by atoms with E-state index >= 15 is 0 Å². The van der Waals surface area contributed by atoms with Gasteiger partial charge in [-0.15, -0.1) is 0 Å². The van der Waals surface area contributed by atoms with Gasteiger partial charge in [-0.1, -0.05) is 30.3 Å². The fourth-order valence-electron chi connectivity index (χ4n) is 1.84. The molecular formula is C14H16N2. The van der Waals surface area contributed by atoms with E-state index in [1.54, 1.807) is 0 Å². The molecule has 0 radical (unpaired) electrons. The Morgan fingerprint density at radius 2 is 1.94 bits per heavy atom. The Morgan fingerprint density at radius 3 is 2.62 bits per heavy atom. The monoisotopic (exact) mass is 212 g/mol. The quantitative estimate of drug-likeness (QED) is 0.849. The first kappa shape index (κ1) is 10.8. The fourth-order valence-corrected chi connectivity index (χ4v) is 1.84. The summed E-state index contributed by atoms with van der Waals surface area (Å²) in [5.74, 6) is 0. The van der Waals surface area contributed by atoms with E-state index in [0.29, 0.717) is 0 Å². The van der Waals surface area contributed by atoms with Crippen LogP contribution in [0.15, 0.2) is 48.8 Å². The SMILES string of the molecule is CC(N)Cc1cnccc1-c1ccccc1. The molecule has 2 heteroatoms. The lowest BCUT2D eigenvalue weighted by atomic mass is 9.98. The number of nitrogens with zero attached hydrogens (tertiary/aromatic N) is 1. The summed E-state index contributed by atoms with van der Waals surface area (Å²) in [7, 11) is 0. The van der Waals surface area contributed by atoms with Crippen molar-refractivity contribution in [3.63, 3.8) is 0 Å². The van der Waals surface area contributed by atoms with Gasteiger partial charge in [-0.3, -0.25) is 4.98 Å². The van der Waals surface area contributed by atoms with Gasteiger partial charge in [0.05, 0.1) is 0 Å². The summed E-state index contributed by atoms with van der Waals surface area (Å²) >= 11 is 0. The maximum absolute atomic E-state index is 5.84. The fraction of sp³-hybridized carbons (Fsp3) is 0.214. The topological polar surface area (TPSA) is 38.9 Å². The Balaban J connectivity index is 2.41. The zero-order valence-electron chi connectivity index (χ0n) is 9.43. The van der Waals surface area contributed by atoms with Gasteiger partial charge in [0, 0.05) is 18.4 Å². The maximum Gasteiger partial charge on any atom is 0.0306 e. The van der Waals surface area contributed by atoms with Crippen molar-refractivity contribution >= 4 is 0 Å². The summed E-state index contributed by atoms with van der Waals surface area (Å²) in [6.07, 6.45) is 4.59. The van der Waals surface area contributed by atoms with Gasteiger partial charge in [0.25, 0.3) is 0 Å². The standard InChI is InChI=1S/C14H16N2/c1-11(15)9-13-10-16-8-7-14(13)12-5-3-2-4-6-12/h2-8,10-11H,9,15H2,1H3. The number of hydrogen-bond acceptors (Lipinski definition) is 2. The molecule has 0 aliphatic carbocycles. The second kappa shape index (κ2) is 4.90. The lowest BCUT2D eigenvalue weighted by molar-refractivity contribution is 0.737. The second-order valence-electron chi connectivity index (χ2n) is 4.08. The predicted octanol–water partition coefficient (Wildman–Crippen LogP) is 2.64. The van der Waals surface area contributed by atoms with E-state index in [0.717, 1.165) is 6.42 Å². The molecule has 0 saturated heterocycles. The Hall–Kier alpha value is -1.67. The van der Waals surface area contributed by atoms with E-state index in [9.17, 15) is 0 Å². The molecule has 2 rings (SSSR count). The molecule has 16 heavy (non-hydrogen) atoms. The normalized spacial score (nSPS) is 12.4. The Kier molecular flexibility index (Phi) is 3.32. The maximum atomic E-state index is 5.84. The van der Waals surface area contributed by atoms with E-state index in [1.165, 1.54) is 16.7 Å². The van der Waals surface area contributed by atoms with Gasteiger partial charge in [0.15, 0.2) is 0 Å². The van der Waals surface area contributed by atoms with Crippen molar-refractivity contribution in [2.24, 2.45) is 5.73 Å². The van der Waals surface area contributed by atoms with Crippen molar-refractivity contribution in [2.75, 3.05) is 0 Å². The molecule has 2 nitrogen and oxygen atoms in total. The first-order chi connectivity index (χ1) is 7.77. The first-order valence-corrected chi connectivity index (χ1v) is 5.51. The molecule has 1 aromatic heterocycles. The van der Waals surface area contributed by atoms with Crippen molar-refractivity contribution in [1.29, 1.82) is 0 Å². The molecule has 0 fully saturated rings. The van der Waals surface area contributed by atoms with Crippen molar-refractivity contribution in [1.82, 2.24) is 4.98 Å². The number of hydrogen-bond donors (Lipinski definition) is 1. The first-order valence-electron chi connectivity index (χ1n) is 5.51. The highest BCUT2D eigenvalue weighted by molar-refractivity contribution is 5.66. The zero-order valence-corrected chi connectivity index (χ0v) is 9.43. The summed E-state index contributed by atoms with van der Waals surface area (Å²) in [6.45, 7) is 2.02. The highest BCUT2D eigenvalue weighted by Gasteiger charge is 2.06. The minimum atomic E-state index is 0.159. The van der Waals surface area contributed by atoms with Crippen LogP contribution < -0.4 is 5.73 Å². The molecule has 1 atom stereocenters. The molecule has 82 valence electrons. The third kappa shape index (κ3) is 2.47. The van der Waals surface area contributed by atoms with Crippen LogP contribution in [0.5, 0.6) is 0 Å². The number of benzene rings is 1. The smallest absolute Gasteiger partial charge is 0.0306 e. The Labute approximate surface area is 96.1 Å². The van der Waals surface area contributed by atoms with E-state index in [4.69, 9.17) is 5.73 Å². The average molecular weight is 212 g/mol. The van der Waals surface area contributed by atoms with Gasteiger partial charge in [-0.25, -0.2) is 0 Å². The van der Waals surface area contributed by atoms with Crippen molar-refractivity contribution in [3.8, 4) is 11.1 Å². The van der Waals surface area contributed by atoms with Gasteiger partial charge in [-0.2, -0.15) is 0 Å². The number of aromatic nitrogens is 1. The predicted molar refractivity (Wildman–Crippen MR) is 67.0 cm³/mol. The number of rotatable bonds is 3. The molecule has 0 bridgehead atoms. The molecule has 1 heterocycles. The van der Waals surface area contributed by atoms with Crippen LogP contribution in [0.1, 0.15) is 12.5 Å². The van der Waals surface area contributed by atoms with Crippen LogP contribution in [0.2, 0.25) is 0 Å². The summed E-state index contributed by atoms with van der Waals surface area (Å²) in [5.41, 5.74) is 9.51. The van der Waals surface area contributed by atoms with Crippen LogP contribution in [-0.4, -0.2) is 11.0 Å². The van der Waals surface area contributed by atoms with Crippen molar-refractivity contribution in [2.45, 2.75) is 19.4 Å². The van der Waals surface area contributed by atoms with Crippen LogP contribution in [0, 0.1) is 0 Å². The summed E-state index contributed by atoms with van der Waals surface area (Å²) in [5, 5.41) is 0. The van der Waals surface area contributed by atoms with Crippen LogP contribution in [0.3, 0.4) is 0 Å². The van der Waals surface area contributed by atoms with Crippen LogP contribution in [0.25, 0.3) is 11.1 Å². The summed E-state index contributed by atoms with van der Waals surface area (Å²) in [4.78, 5) is 4.17. The van der Waals surface area contributed by atoms with Crippen molar-refractivity contribution < 1.29 is 0 Å². The third-order valence-electron chi connectivity index (χ3n) is 2.53. The minimum Gasteiger partial charge on any atom is -0.328 e.